The average molecular weight is 273 g/mol. The predicted octanol–water partition coefficient (Wildman–Crippen LogP) is 2.95. The van der Waals surface area contributed by atoms with E-state index in [1.165, 1.54) is 6.20 Å². The van der Waals surface area contributed by atoms with Crippen LogP contribution in [0.25, 0.3) is 0 Å². The molecule has 1 amide bonds. The first-order valence-electron chi connectivity index (χ1n) is 5.77. The highest BCUT2D eigenvalue weighted by Crippen LogP contribution is 2.19. The van der Waals surface area contributed by atoms with Crippen LogP contribution in [0.3, 0.4) is 0 Å². The van der Waals surface area contributed by atoms with Crippen LogP contribution in [0, 0.1) is 6.92 Å². The van der Waals surface area contributed by atoms with E-state index in [9.17, 15) is 4.79 Å². The highest BCUT2D eigenvalue weighted by Gasteiger charge is 2.10. The van der Waals surface area contributed by atoms with E-state index < -0.39 is 0 Å². The molecule has 19 heavy (non-hydrogen) atoms. The van der Waals surface area contributed by atoms with Crippen molar-refractivity contribution in [2.24, 2.45) is 0 Å². The molecular weight excluding hydrogens is 258 g/mol. The van der Waals surface area contributed by atoms with Gasteiger partial charge in [-0.05, 0) is 43.5 Å². The number of nitrogens with zero attached hydrogens (tertiary/aromatic N) is 1. The number of hydrogen-bond acceptors (Lipinski definition) is 4. The van der Waals surface area contributed by atoms with Gasteiger partial charge in [-0.3, -0.25) is 9.78 Å². The predicted molar refractivity (Wildman–Crippen MR) is 79.6 cm³/mol. The lowest BCUT2D eigenvalue weighted by Gasteiger charge is -2.08. The number of carbonyl (C=O) groups excluding carboxylic acids is 1. The summed E-state index contributed by atoms with van der Waals surface area (Å²) in [5.74, 6) is -0.248. The number of anilines is 2. The van der Waals surface area contributed by atoms with E-state index in [0.29, 0.717) is 11.3 Å². The molecule has 0 unspecified atom stereocenters. The number of nitrogens with one attached hydrogen (secondary N) is 1. The lowest BCUT2D eigenvalue weighted by Crippen LogP contribution is -2.14. The van der Waals surface area contributed by atoms with E-state index in [0.717, 1.165) is 16.3 Å². The van der Waals surface area contributed by atoms with E-state index in [2.05, 4.69) is 10.3 Å². The zero-order valence-corrected chi connectivity index (χ0v) is 11.6. The Morgan fingerprint density at radius 2 is 2.00 bits per heavy atom. The van der Waals surface area contributed by atoms with Crippen LogP contribution in [0.2, 0.25) is 0 Å². The first-order valence-corrected chi connectivity index (χ1v) is 7.00. The molecule has 98 valence electrons. The van der Waals surface area contributed by atoms with E-state index in [4.69, 9.17) is 5.73 Å². The minimum atomic E-state index is -0.248. The highest BCUT2D eigenvalue weighted by atomic mass is 32.2. The van der Waals surface area contributed by atoms with E-state index in [1.807, 2.05) is 37.4 Å². The monoisotopic (exact) mass is 273 g/mol. The number of aromatic nitrogens is 1. The molecule has 0 bridgehead atoms. The second kappa shape index (κ2) is 5.75. The van der Waals surface area contributed by atoms with Gasteiger partial charge in [0.2, 0.25) is 0 Å². The first kappa shape index (κ1) is 13.4. The minimum absolute atomic E-state index is 0.248. The molecule has 5 heteroatoms. The maximum atomic E-state index is 12.1. The quantitative estimate of drug-likeness (QED) is 0.844. The van der Waals surface area contributed by atoms with Gasteiger partial charge in [0, 0.05) is 28.2 Å². The molecule has 0 aliphatic heterocycles. The van der Waals surface area contributed by atoms with Gasteiger partial charge in [0.1, 0.15) is 0 Å². The Hall–Kier alpha value is -2.01. The van der Waals surface area contributed by atoms with Gasteiger partial charge in [0.25, 0.3) is 5.91 Å². The van der Waals surface area contributed by atoms with Crippen molar-refractivity contribution in [1.29, 1.82) is 0 Å². The third-order valence-electron chi connectivity index (χ3n) is 2.67. The van der Waals surface area contributed by atoms with Crippen molar-refractivity contribution < 1.29 is 4.79 Å². The molecule has 0 aliphatic carbocycles. The molecular formula is C14H15N3OS. The number of benzene rings is 1. The number of nitrogens with two attached hydrogens (primary N) is 1. The maximum Gasteiger partial charge on any atom is 0.259 e. The summed E-state index contributed by atoms with van der Waals surface area (Å²) < 4.78 is 0. The van der Waals surface area contributed by atoms with Crippen LogP contribution in [0.1, 0.15) is 16.1 Å². The fourth-order valence-electron chi connectivity index (χ4n) is 1.64. The Balaban J connectivity index is 2.15. The average Bonchev–Trinajstić information content (AvgIpc) is 2.39. The summed E-state index contributed by atoms with van der Waals surface area (Å²) in [6.07, 6.45) is 3.50. The molecule has 2 rings (SSSR count). The van der Waals surface area contributed by atoms with Crippen LogP contribution in [0.4, 0.5) is 11.4 Å². The van der Waals surface area contributed by atoms with Gasteiger partial charge in [-0.2, -0.15) is 0 Å². The molecule has 1 heterocycles. The standard InChI is InChI=1S/C14H15N3OS/c1-9-7-13(15)12(8-16-9)14(18)17-10-3-5-11(19-2)6-4-10/h3-8H,1-2H3,(H2,15,16)(H,17,18). The number of hydrogen-bond donors (Lipinski definition) is 2. The van der Waals surface area contributed by atoms with Crippen LogP contribution in [-0.2, 0) is 0 Å². The van der Waals surface area contributed by atoms with Crippen LogP contribution >= 0.6 is 11.8 Å². The summed E-state index contributed by atoms with van der Waals surface area (Å²) in [6, 6.07) is 9.32. The molecule has 0 saturated carbocycles. The van der Waals surface area contributed by atoms with Crippen molar-refractivity contribution in [3.63, 3.8) is 0 Å². The minimum Gasteiger partial charge on any atom is -0.398 e. The van der Waals surface area contributed by atoms with Crippen molar-refractivity contribution in [2.75, 3.05) is 17.3 Å². The van der Waals surface area contributed by atoms with Crippen LogP contribution in [0.5, 0.6) is 0 Å². The Labute approximate surface area is 116 Å². The topological polar surface area (TPSA) is 68.0 Å². The molecule has 4 nitrogen and oxygen atoms in total. The molecule has 2 aromatic rings. The Morgan fingerprint density at radius 1 is 1.32 bits per heavy atom. The summed E-state index contributed by atoms with van der Waals surface area (Å²) in [5.41, 5.74) is 8.17. The van der Waals surface area contributed by atoms with Crippen molar-refractivity contribution in [2.45, 2.75) is 11.8 Å². The van der Waals surface area contributed by atoms with E-state index in [1.54, 1.807) is 17.8 Å². The third kappa shape index (κ3) is 3.26. The van der Waals surface area contributed by atoms with Crippen molar-refractivity contribution >= 4 is 29.0 Å². The summed E-state index contributed by atoms with van der Waals surface area (Å²) in [4.78, 5) is 17.3. The number of thioether (sulfide) groups is 1. The number of carbonyl (C=O) groups is 1. The highest BCUT2D eigenvalue weighted by molar-refractivity contribution is 7.98. The second-order valence-corrected chi connectivity index (χ2v) is 4.98. The molecule has 0 atom stereocenters. The van der Waals surface area contributed by atoms with Gasteiger partial charge in [-0.15, -0.1) is 11.8 Å². The normalized spacial score (nSPS) is 10.2. The van der Waals surface area contributed by atoms with E-state index >= 15 is 0 Å². The Kier molecular flexibility index (Phi) is 4.06. The first-order chi connectivity index (χ1) is 9.10. The molecule has 1 aromatic heterocycles. The molecule has 0 spiro atoms. The van der Waals surface area contributed by atoms with Gasteiger partial charge >= 0.3 is 0 Å². The zero-order chi connectivity index (χ0) is 13.8. The number of amides is 1. The summed E-state index contributed by atoms with van der Waals surface area (Å²) in [5, 5.41) is 2.80. The maximum absolute atomic E-state index is 12.1. The van der Waals surface area contributed by atoms with Gasteiger partial charge in [0.15, 0.2) is 0 Å². The van der Waals surface area contributed by atoms with Crippen LogP contribution in [0.15, 0.2) is 41.4 Å². The largest absolute Gasteiger partial charge is 0.398 e. The van der Waals surface area contributed by atoms with Gasteiger partial charge < -0.3 is 11.1 Å². The number of pyridine rings is 1. The fourth-order valence-corrected chi connectivity index (χ4v) is 2.05. The van der Waals surface area contributed by atoms with Gasteiger partial charge in [-0.25, -0.2) is 0 Å². The summed E-state index contributed by atoms with van der Waals surface area (Å²) >= 11 is 1.65. The van der Waals surface area contributed by atoms with Crippen LogP contribution < -0.4 is 11.1 Å². The summed E-state index contributed by atoms with van der Waals surface area (Å²) in [6.45, 7) is 1.83. The fraction of sp³-hybridized carbons (Fsp3) is 0.143. The lowest BCUT2D eigenvalue weighted by molar-refractivity contribution is 0.102. The van der Waals surface area contributed by atoms with Crippen molar-refractivity contribution in [3.8, 4) is 0 Å². The molecule has 0 fully saturated rings. The van der Waals surface area contributed by atoms with E-state index in [-0.39, 0.29) is 5.91 Å². The Bertz CT molecular complexity index is 596. The van der Waals surface area contributed by atoms with Gasteiger partial charge in [-0.1, -0.05) is 0 Å². The number of rotatable bonds is 3. The lowest BCUT2D eigenvalue weighted by atomic mass is 10.2. The Morgan fingerprint density at radius 3 is 2.58 bits per heavy atom. The zero-order valence-electron chi connectivity index (χ0n) is 10.8. The molecule has 0 aliphatic rings. The SMILES string of the molecule is CSc1ccc(NC(=O)c2cnc(C)cc2N)cc1. The van der Waals surface area contributed by atoms with Crippen molar-refractivity contribution in [1.82, 2.24) is 4.98 Å². The smallest absolute Gasteiger partial charge is 0.259 e. The molecule has 1 aromatic carbocycles. The molecule has 3 N–H and O–H groups in total. The van der Waals surface area contributed by atoms with Crippen LogP contribution in [-0.4, -0.2) is 17.1 Å². The second-order valence-electron chi connectivity index (χ2n) is 4.10. The number of nitrogen functional groups attached to an aromatic ring is 1. The third-order valence-corrected chi connectivity index (χ3v) is 3.41. The van der Waals surface area contributed by atoms with Crippen molar-refractivity contribution in [3.05, 3.63) is 47.8 Å². The number of aryl methyl sites for hydroxylation is 1. The molecule has 0 radical (unpaired) electrons. The molecule has 0 saturated heterocycles. The van der Waals surface area contributed by atoms with Gasteiger partial charge in [0.05, 0.1) is 5.56 Å². The summed E-state index contributed by atoms with van der Waals surface area (Å²) in [7, 11) is 0.